The van der Waals surface area contributed by atoms with Crippen LogP contribution in [0.25, 0.3) is 0 Å². The molecule has 2 rings (SSSR count). The standard InChI is InChI=1S/C10H9BrN4S/c11-7-3-2-6-13-10(7)16-9-5-1-4-8(14-9)15-12/h1-6H,12H2,(H,14,15). The number of aromatic nitrogens is 2. The molecule has 0 atom stereocenters. The number of halogens is 1. The van der Waals surface area contributed by atoms with Crippen LogP contribution in [-0.2, 0) is 0 Å². The van der Waals surface area contributed by atoms with Crippen LogP contribution in [0.5, 0.6) is 0 Å². The number of nitrogens with one attached hydrogen (secondary N) is 1. The number of nitrogens with zero attached hydrogens (tertiary/aromatic N) is 2. The van der Waals surface area contributed by atoms with Crippen LogP contribution in [0.3, 0.4) is 0 Å². The molecule has 0 saturated carbocycles. The Kier molecular flexibility index (Phi) is 3.76. The first-order valence-electron chi connectivity index (χ1n) is 4.51. The van der Waals surface area contributed by atoms with Gasteiger partial charge in [-0.25, -0.2) is 15.8 Å². The molecular formula is C10H9BrN4S. The minimum atomic E-state index is 0.636. The van der Waals surface area contributed by atoms with Crippen molar-refractivity contribution in [3.8, 4) is 0 Å². The molecule has 3 N–H and O–H groups in total. The van der Waals surface area contributed by atoms with Crippen molar-refractivity contribution in [3.63, 3.8) is 0 Å². The third-order valence-corrected chi connectivity index (χ3v) is 3.65. The highest BCUT2D eigenvalue weighted by atomic mass is 79.9. The van der Waals surface area contributed by atoms with Gasteiger partial charge in [0.25, 0.3) is 0 Å². The molecule has 4 nitrogen and oxygen atoms in total. The van der Waals surface area contributed by atoms with Crippen molar-refractivity contribution in [2.45, 2.75) is 10.1 Å². The van der Waals surface area contributed by atoms with E-state index in [0.717, 1.165) is 14.5 Å². The third-order valence-electron chi connectivity index (χ3n) is 1.80. The first-order valence-corrected chi connectivity index (χ1v) is 6.12. The Morgan fingerprint density at radius 3 is 2.88 bits per heavy atom. The van der Waals surface area contributed by atoms with E-state index in [-0.39, 0.29) is 0 Å². The Morgan fingerprint density at radius 2 is 2.12 bits per heavy atom. The minimum Gasteiger partial charge on any atom is -0.308 e. The molecule has 82 valence electrons. The molecule has 0 saturated heterocycles. The fourth-order valence-electron chi connectivity index (χ4n) is 1.10. The first-order chi connectivity index (χ1) is 7.79. The van der Waals surface area contributed by atoms with Crippen molar-refractivity contribution in [2.75, 3.05) is 5.43 Å². The number of rotatable bonds is 3. The summed E-state index contributed by atoms with van der Waals surface area (Å²) in [5.41, 5.74) is 2.51. The van der Waals surface area contributed by atoms with E-state index in [4.69, 9.17) is 5.84 Å². The van der Waals surface area contributed by atoms with Gasteiger partial charge in [-0.3, -0.25) is 0 Å². The van der Waals surface area contributed by atoms with Gasteiger partial charge in [-0.15, -0.1) is 0 Å². The van der Waals surface area contributed by atoms with Crippen LogP contribution in [0.1, 0.15) is 0 Å². The summed E-state index contributed by atoms with van der Waals surface area (Å²) in [5.74, 6) is 5.93. The average molecular weight is 297 g/mol. The summed E-state index contributed by atoms with van der Waals surface area (Å²) in [6.45, 7) is 0. The van der Waals surface area contributed by atoms with E-state index in [9.17, 15) is 0 Å². The lowest BCUT2D eigenvalue weighted by atomic mass is 10.5. The average Bonchev–Trinajstić information content (AvgIpc) is 2.32. The van der Waals surface area contributed by atoms with E-state index < -0.39 is 0 Å². The summed E-state index contributed by atoms with van der Waals surface area (Å²) in [7, 11) is 0. The highest BCUT2D eigenvalue weighted by Crippen LogP contribution is 2.30. The van der Waals surface area contributed by atoms with Crippen LogP contribution in [0.4, 0.5) is 5.82 Å². The molecule has 2 aromatic heterocycles. The van der Waals surface area contributed by atoms with Gasteiger partial charge in [0.15, 0.2) is 0 Å². The summed E-state index contributed by atoms with van der Waals surface area (Å²) in [4.78, 5) is 8.55. The zero-order valence-electron chi connectivity index (χ0n) is 8.22. The summed E-state index contributed by atoms with van der Waals surface area (Å²) < 4.78 is 0.952. The van der Waals surface area contributed by atoms with E-state index in [1.807, 2.05) is 24.3 Å². The SMILES string of the molecule is NNc1cccc(Sc2ncccc2Br)n1. The monoisotopic (exact) mass is 296 g/mol. The molecule has 6 heteroatoms. The first kappa shape index (κ1) is 11.4. The lowest BCUT2D eigenvalue weighted by Crippen LogP contribution is -2.08. The number of hydrogen-bond acceptors (Lipinski definition) is 5. The molecule has 16 heavy (non-hydrogen) atoms. The van der Waals surface area contributed by atoms with Gasteiger partial charge in [0, 0.05) is 6.20 Å². The quantitative estimate of drug-likeness (QED) is 0.673. The van der Waals surface area contributed by atoms with E-state index in [1.165, 1.54) is 11.8 Å². The second kappa shape index (κ2) is 5.29. The normalized spacial score (nSPS) is 10.1. The maximum absolute atomic E-state index is 5.30. The molecule has 0 aromatic carbocycles. The maximum Gasteiger partial charge on any atom is 0.141 e. The number of pyridine rings is 2. The predicted octanol–water partition coefficient (Wildman–Crippen LogP) is 2.68. The Balaban J connectivity index is 2.24. The van der Waals surface area contributed by atoms with E-state index in [2.05, 4.69) is 31.3 Å². The lowest BCUT2D eigenvalue weighted by Gasteiger charge is -2.04. The predicted molar refractivity (Wildman–Crippen MR) is 68.1 cm³/mol. The van der Waals surface area contributed by atoms with Gasteiger partial charge in [0.2, 0.25) is 0 Å². The maximum atomic E-state index is 5.30. The largest absolute Gasteiger partial charge is 0.308 e. The topological polar surface area (TPSA) is 63.8 Å². The number of anilines is 1. The van der Waals surface area contributed by atoms with Gasteiger partial charge >= 0.3 is 0 Å². The fraction of sp³-hybridized carbons (Fsp3) is 0. The Bertz CT molecular complexity index is 492. The molecule has 0 aliphatic heterocycles. The van der Waals surface area contributed by atoms with Gasteiger partial charge < -0.3 is 5.43 Å². The number of hydrogen-bond donors (Lipinski definition) is 2. The van der Waals surface area contributed by atoms with Crippen LogP contribution >= 0.6 is 27.7 Å². The molecule has 0 unspecified atom stereocenters. The number of nitrogen functional groups attached to an aromatic ring is 1. The van der Waals surface area contributed by atoms with E-state index in [1.54, 1.807) is 12.3 Å². The molecule has 0 spiro atoms. The van der Waals surface area contributed by atoms with Crippen molar-refractivity contribution >= 4 is 33.5 Å². The molecule has 0 aliphatic carbocycles. The smallest absolute Gasteiger partial charge is 0.141 e. The second-order valence-electron chi connectivity index (χ2n) is 2.90. The highest BCUT2D eigenvalue weighted by molar-refractivity contribution is 9.10. The summed E-state index contributed by atoms with van der Waals surface area (Å²) in [6, 6.07) is 9.42. The summed E-state index contributed by atoms with van der Waals surface area (Å²) >= 11 is 4.92. The van der Waals surface area contributed by atoms with Crippen LogP contribution in [0.2, 0.25) is 0 Å². The highest BCUT2D eigenvalue weighted by Gasteiger charge is 2.04. The Labute approximate surface area is 106 Å². The minimum absolute atomic E-state index is 0.636. The number of nitrogens with two attached hydrogens (primary N) is 1. The molecule has 0 bridgehead atoms. The second-order valence-corrected chi connectivity index (χ2v) is 4.76. The zero-order valence-corrected chi connectivity index (χ0v) is 10.6. The van der Waals surface area contributed by atoms with Crippen molar-refractivity contribution < 1.29 is 0 Å². The molecule has 2 heterocycles. The molecular weight excluding hydrogens is 288 g/mol. The van der Waals surface area contributed by atoms with Gasteiger partial charge in [-0.2, -0.15) is 0 Å². The van der Waals surface area contributed by atoms with Gasteiger partial charge in [-0.05, 0) is 52.0 Å². The molecule has 0 fully saturated rings. The Morgan fingerprint density at radius 1 is 1.25 bits per heavy atom. The van der Waals surface area contributed by atoms with Gasteiger partial charge in [0.05, 0.1) is 4.47 Å². The van der Waals surface area contributed by atoms with Crippen molar-refractivity contribution in [2.24, 2.45) is 5.84 Å². The lowest BCUT2D eigenvalue weighted by molar-refractivity contribution is 1.07. The van der Waals surface area contributed by atoms with Crippen molar-refractivity contribution in [1.29, 1.82) is 0 Å². The van der Waals surface area contributed by atoms with Crippen LogP contribution in [0.15, 0.2) is 51.1 Å². The van der Waals surface area contributed by atoms with Crippen LogP contribution < -0.4 is 11.3 Å². The zero-order chi connectivity index (χ0) is 11.4. The van der Waals surface area contributed by atoms with Crippen LogP contribution in [-0.4, -0.2) is 9.97 Å². The van der Waals surface area contributed by atoms with Crippen molar-refractivity contribution in [1.82, 2.24) is 9.97 Å². The van der Waals surface area contributed by atoms with Gasteiger partial charge in [-0.1, -0.05) is 6.07 Å². The summed E-state index contributed by atoms with van der Waals surface area (Å²) in [6.07, 6.45) is 1.75. The van der Waals surface area contributed by atoms with Gasteiger partial charge in [0.1, 0.15) is 15.9 Å². The number of hydrazine groups is 1. The molecule has 2 aromatic rings. The fourth-order valence-corrected chi connectivity index (χ4v) is 2.36. The molecule has 0 radical (unpaired) electrons. The van der Waals surface area contributed by atoms with E-state index in [0.29, 0.717) is 5.82 Å². The summed E-state index contributed by atoms with van der Waals surface area (Å²) in [5, 5.41) is 1.72. The molecule has 0 amide bonds. The third kappa shape index (κ3) is 2.72. The van der Waals surface area contributed by atoms with Crippen molar-refractivity contribution in [3.05, 3.63) is 41.0 Å². The van der Waals surface area contributed by atoms with E-state index >= 15 is 0 Å². The molecule has 0 aliphatic rings. The Hall–Kier alpha value is -1.11. The van der Waals surface area contributed by atoms with Crippen LogP contribution in [0, 0.1) is 0 Å².